The molecule has 1 saturated heterocycles. The molecular formula is C14H20N4O. The van der Waals surface area contributed by atoms with Gasteiger partial charge in [0.1, 0.15) is 18.0 Å². The van der Waals surface area contributed by atoms with Crippen molar-refractivity contribution in [2.75, 3.05) is 29.9 Å². The fraction of sp³-hybridized carbons (Fsp3) is 0.643. The van der Waals surface area contributed by atoms with Crippen LogP contribution in [0.2, 0.25) is 0 Å². The Bertz CT molecular complexity index is 459. The van der Waals surface area contributed by atoms with Crippen LogP contribution in [0.3, 0.4) is 0 Å². The second-order valence-electron chi connectivity index (χ2n) is 5.48. The van der Waals surface area contributed by atoms with Crippen LogP contribution in [0.15, 0.2) is 12.4 Å². The number of ketones is 1. The number of hydrogen-bond acceptors (Lipinski definition) is 5. The first-order valence-corrected chi connectivity index (χ1v) is 7.14. The number of carbonyl (C=O) groups excluding carboxylic acids is 1. The summed E-state index contributed by atoms with van der Waals surface area (Å²) >= 11 is 0. The minimum Gasteiger partial charge on any atom is -0.370 e. The number of nitrogens with zero attached hydrogens (tertiary/aromatic N) is 3. The number of anilines is 2. The lowest BCUT2D eigenvalue weighted by atomic mass is 9.83. The van der Waals surface area contributed by atoms with E-state index in [0.29, 0.717) is 13.0 Å². The van der Waals surface area contributed by atoms with Crippen LogP contribution in [-0.4, -0.2) is 35.4 Å². The summed E-state index contributed by atoms with van der Waals surface area (Å²) in [6.45, 7) is 2.23. The zero-order valence-electron chi connectivity index (χ0n) is 11.1. The molecule has 2 aliphatic rings. The maximum absolute atomic E-state index is 11.3. The summed E-state index contributed by atoms with van der Waals surface area (Å²) in [5, 5.41) is 3.36. The summed E-state index contributed by atoms with van der Waals surface area (Å²) in [4.78, 5) is 21.8. The molecule has 1 saturated carbocycles. The summed E-state index contributed by atoms with van der Waals surface area (Å²) in [5.41, 5.74) is 0. The Morgan fingerprint density at radius 3 is 2.95 bits per heavy atom. The quantitative estimate of drug-likeness (QED) is 0.875. The SMILES string of the molecule is O=C1CCN(c2cc(NCCC3CCC3)ncn2)C1. The maximum Gasteiger partial charge on any atom is 0.153 e. The number of carbonyl (C=O) groups is 1. The van der Waals surface area contributed by atoms with E-state index in [4.69, 9.17) is 0 Å². The number of nitrogens with one attached hydrogen (secondary N) is 1. The van der Waals surface area contributed by atoms with Crippen molar-refractivity contribution in [2.24, 2.45) is 5.92 Å². The third-order valence-corrected chi connectivity index (χ3v) is 4.09. The molecule has 2 heterocycles. The van der Waals surface area contributed by atoms with Crippen molar-refractivity contribution in [1.29, 1.82) is 0 Å². The van der Waals surface area contributed by atoms with Crippen molar-refractivity contribution in [1.82, 2.24) is 9.97 Å². The van der Waals surface area contributed by atoms with Crippen molar-refractivity contribution in [3.63, 3.8) is 0 Å². The molecule has 1 aromatic rings. The molecule has 0 atom stereocenters. The molecule has 0 aromatic carbocycles. The number of hydrogen-bond donors (Lipinski definition) is 1. The van der Waals surface area contributed by atoms with Crippen molar-refractivity contribution in [2.45, 2.75) is 32.1 Å². The lowest BCUT2D eigenvalue weighted by Gasteiger charge is -2.25. The van der Waals surface area contributed by atoms with Crippen LogP contribution in [0.25, 0.3) is 0 Å². The van der Waals surface area contributed by atoms with E-state index in [2.05, 4.69) is 15.3 Å². The molecule has 0 unspecified atom stereocenters. The van der Waals surface area contributed by atoms with Crippen LogP contribution in [-0.2, 0) is 4.79 Å². The average molecular weight is 260 g/mol. The van der Waals surface area contributed by atoms with E-state index >= 15 is 0 Å². The Balaban J connectivity index is 1.54. The van der Waals surface area contributed by atoms with Gasteiger partial charge in [0.25, 0.3) is 0 Å². The molecule has 2 fully saturated rings. The van der Waals surface area contributed by atoms with Gasteiger partial charge in [0.15, 0.2) is 5.78 Å². The largest absolute Gasteiger partial charge is 0.370 e. The van der Waals surface area contributed by atoms with Gasteiger partial charge in [-0.1, -0.05) is 19.3 Å². The molecule has 19 heavy (non-hydrogen) atoms. The van der Waals surface area contributed by atoms with Crippen LogP contribution in [0.1, 0.15) is 32.1 Å². The van der Waals surface area contributed by atoms with E-state index in [-0.39, 0.29) is 5.78 Å². The third-order valence-electron chi connectivity index (χ3n) is 4.09. The highest BCUT2D eigenvalue weighted by Gasteiger charge is 2.21. The van der Waals surface area contributed by atoms with Crippen LogP contribution < -0.4 is 10.2 Å². The van der Waals surface area contributed by atoms with Gasteiger partial charge in [-0.3, -0.25) is 4.79 Å². The molecular weight excluding hydrogens is 240 g/mol. The zero-order chi connectivity index (χ0) is 13.1. The van der Waals surface area contributed by atoms with Crippen LogP contribution in [0.5, 0.6) is 0 Å². The number of rotatable bonds is 5. The van der Waals surface area contributed by atoms with Crippen LogP contribution in [0, 0.1) is 5.92 Å². The number of aromatic nitrogens is 2. The van der Waals surface area contributed by atoms with Crippen molar-refractivity contribution < 1.29 is 4.79 Å². The Morgan fingerprint density at radius 2 is 2.26 bits per heavy atom. The van der Waals surface area contributed by atoms with Crippen molar-refractivity contribution in [3.05, 3.63) is 12.4 Å². The van der Waals surface area contributed by atoms with Crippen LogP contribution in [0.4, 0.5) is 11.6 Å². The maximum atomic E-state index is 11.3. The predicted molar refractivity (Wildman–Crippen MR) is 74.3 cm³/mol. The summed E-state index contributed by atoms with van der Waals surface area (Å²) < 4.78 is 0. The first kappa shape index (κ1) is 12.4. The Hall–Kier alpha value is -1.65. The molecule has 1 N–H and O–H groups in total. The van der Waals surface area contributed by atoms with Crippen molar-refractivity contribution >= 4 is 17.4 Å². The van der Waals surface area contributed by atoms with Gasteiger partial charge in [-0.2, -0.15) is 0 Å². The van der Waals surface area contributed by atoms with Gasteiger partial charge < -0.3 is 10.2 Å². The van der Waals surface area contributed by atoms with Gasteiger partial charge in [-0.05, 0) is 12.3 Å². The molecule has 0 spiro atoms. The van der Waals surface area contributed by atoms with Gasteiger partial charge >= 0.3 is 0 Å². The molecule has 3 rings (SSSR count). The molecule has 102 valence electrons. The molecule has 0 bridgehead atoms. The summed E-state index contributed by atoms with van der Waals surface area (Å²) in [6.07, 6.45) is 7.59. The molecule has 1 aliphatic carbocycles. The second-order valence-corrected chi connectivity index (χ2v) is 5.48. The fourth-order valence-corrected chi connectivity index (χ4v) is 2.63. The first-order valence-electron chi connectivity index (χ1n) is 7.14. The molecule has 1 aliphatic heterocycles. The van der Waals surface area contributed by atoms with Gasteiger partial charge in [-0.15, -0.1) is 0 Å². The van der Waals surface area contributed by atoms with E-state index < -0.39 is 0 Å². The fourth-order valence-electron chi connectivity index (χ4n) is 2.63. The van der Waals surface area contributed by atoms with Gasteiger partial charge in [0, 0.05) is 25.6 Å². The van der Waals surface area contributed by atoms with Gasteiger partial charge in [0.05, 0.1) is 6.54 Å². The molecule has 5 heteroatoms. The highest BCUT2D eigenvalue weighted by molar-refractivity contribution is 5.86. The third kappa shape index (κ3) is 3.03. The van der Waals surface area contributed by atoms with E-state index in [9.17, 15) is 4.79 Å². The zero-order valence-corrected chi connectivity index (χ0v) is 11.1. The van der Waals surface area contributed by atoms with Crippen molar-refractivity contribution in [3.8, 4) is 0 Å². The second kappa shape index (κ2) is 5.55. The Morgan fingerprint density at radius 1 is 1.37 bits per heavy atom. The smallest absolute Gasteiger partial charge is 0.153 e. The Kier molecular flexibility index (Phi) is 3.62. The molecule has 0 amide bonds. The normalized spacial score (nSPS) is 19.6. The molecule has 1 aromatic heterocycles. The number of Topliss-reactive ketones (excluding diaryl/α,β-unsaturated/α-hetero) is 1. The predicted octanol–water partition coefficient (Wildman–Crippen LogP) is 1.86. The minimum atomic E-state index is 0.290. The van der Waals surface area contributed by atoms with Gasteiger partial charge in [-0.25, -0.2) is 9.97 Å². The molecule has 5 nitrogen and oxygen atoms in total. The standard InChI is InChI=1S/C14H20N4O/c19-12-5-7-18(9-12)14-8-13(16-10-17-14)15-6-4-11-2-1-3-11/h8,10-11H,1-7,9H2,(H,15,16,17). The highest BCUT2D eigenvalue weighted by atomic mass is 16.1. The lowest BCUT2D eigenvalue weighted by Crippen LogP contribution is -2.21. The Labute approximate surface area is 113 Å². The van der Waals surface area contributed by atoms with Gasteiger partial charge in [0.2, 0.25) is 0 Å². The average Bonchev–Trinajstić information content (AvgIpc) is 2.80. The van der Waals surface area contributed by atoms with E-state index in [1.54, 1.807) is 6.33 Å². The van der Waals surface area contributed by atoms with E-state index in [1.165, 1.54) is 25.7 Å². The van der Waals surface area contributed by atoms with Crippen LogP contribution >= 0.6 is 0 Å². The molecule has 0 radical (unpaired) electrons. The monoisotopic (exact) mass is 260 g/mol. The highest BCUT2D eigenvalue weighted by Crippen LogP contribution is 2.29. The summed E-state index contributed by atoms with van der Waals surface area (Å²) in [5.74, 6) is 2.92. The summed E-state index contributed by atoms with van der Waals surface area (Å²) in [6, 6.07) is 1.94. The van der Waals surface area contributed by atoms with E-state index in [1.807, 2.05) is 11.0 Å². The van der Waals surface area contributed by atoms with E-state index in [0.717, 1.165) is 30.6 Å². The minimum absolute atomic E-state index is 0.290. The summed E-state index contributed by atoms with van der Waals surface area (Å²) in [7, 11) is 0. The lowest BCUT2D eigenvalue weighted by molar-refractivity contribution is -0.116. The first-order chi connectivity index (χ1) is 9.31. The topological polar surface area (TPSA) is 58.1 Å².